The topological polar surface area (TPSA) is 59.3 Å². The molecule has 0 aliphatic heterocycles. The summed E-state index contributed by atoms with van der Waals surface area (Å²) in [6.07, 6.45) is 3.40. The summed E-state index contributed by atoms with van der Waals surface area (Å²) in [5, 5.41) is 7.60. The Hall–Kier alpha value is -1.92. The van der Waals surface area contributed by atoms with E-state index in [1.807, 2.05) is 18.2 Å². The van der Waals surface area contributed by atoms with Gasteiger partial charge in [-0.25, -0.2) is 9.50 Å². The van der Waals surface area contributed by atoms with Crippen LogP contribution in [0.25, 0.3) is 5.65 Å². The first-order chi connectivity index (χ1) is 10.1. The molecule has 106 valence electrons. The van der Waals surface area contributed by atoms with Gasteiger partial charge in [0.05, 0.1) is 4.47 Å². The largest absolute Gasteiger partial charge is 0.347 e. The molecule has 7 heteroatoms. The maximum absolute atomic E-state index is 12.1. The van der Waals surface area contributed by atoms with Crippen molar-refractivity contribution in [2.75, 3.05) is 0 Å². The van der Waals surface area contributed by atoms with E-state index in [9.17, 15) is 4.79 Å². The number of carbonyl (C=O) groups is 1. The van der Waals surface area contributed by atoms with Gasteiger partial charge in [-0.05, 0) is 27.6 Å². The third-order valence-electron chi connectivity index (χ3n) is 2.91. The predicted octanol–water partition coefficient (Wildman–Crippen LogP) is 3.08. The molecule has 0 radical (unpaired) electrons. The van der Waals surface area contributed by atoms with Crippen molar-refractivity contribution in [3.63, 3.8) is 0 Å². The zero-order chi connectivity index (χ0) is 14.8. The Kier molecular flexibility index (Phi) is 3.90. The Morgan fingerprint density at radius 2 is 2.19 bits per heavy atom. The highest BCUT2D eigenvalue weighted by molar-refractivity contribution is 9.10. The van der Waals surface area contributed by atoms with Crippen LogP contribution in [0.3, 0.4) is 0 Å². The monoisotopic (exact) mass is 364 g/mol. The molecule has 3 rings (SSSR count). The summed E-state index contributed by atoms with van der Waals surface area (Å²) >= 11 is 9.36. The summed E-state index contributed by atoms with van der Waals surface area (Å²) in [5.74, 6) is -0.267. The summed E-state index contributed by atoms with van der Waals surface area (Å²) in [4.78, 5) is 16.3. The molecular formula is C14H10BrClN4O. The highest BCUT2D eigenvalue weighted by Gasteiger charge is 2.12. The molecule has 5 nitrogen and oxygen atoms in total. The molecule has 2 aromatic heterocycles. The molecule has 1 amide bonds. The van der Waals surface area contributed by atoms with Crippen LogP contribution in [0.1, 0.15) is 16.1 Å². The van der Waals surface area contributed by atoms with Gasteiger partial charge in [-0.15, -0.1) is 0 Å². The number of amides is 1. The first-order valence-corrected chi connectivity index (χ1v) is 7.33. The van der Waals surface area contributed by atoms with E-state index in [0.717, 1.165) is 10.0 Å². The molecule has 0 unspecified atom stereocenters. The second-order valence-electron chi connectivity index (χ2n) is 4.38. The van der Waals surface area contributed by atoms with Crippen molar-refractivity contribution < 1.29 is 4.79 Å². The van der Waals surface area contributed by atoms with Crippen molar-refractivity contribution in [1.29, 1.82) is 0 Å². The van der Waals surface area contributed by atoms with Gasteiger partial charge in [-0.3, -0.25) is 4.79 Å². The fourth-order valence-electron chi connectivity index (χ4n) is 1.87. The Morgan fingerprint density at radius 3 is 3.00 bits per heavy atom. The molecule has 1 aromatic carbocycles. The molecule has 0 bridgehead atoms. The van der Waals surface area contributed by atoms with Gasteiger partial charge in [-0.2, -0.15) is 5.10 Å². The summed E-state index contributed by atoms with van der Waals surface area (Å²) in [6, 6.07) is 9.01. The van der Waals surface area contributed by atoms with E-state index in [-0.39, 0.29) is 5.91 Å². The van der Waals surface area contributed by atoms with Crippen LogP contribution < -0.4 is 5.32 Å². The Balaban J connectivity index is 1.76. The zero-order valence-corrected chi connectivity index (χ0v) is 13.1. The van der Waals surface area contributed by atoms with Crippen LogP contribution in [0, 0.1) is 0 Å². The molecular weight excluding hydrogens is 356 g/mol. The van der Waals surface area contributed by atoms with Gasteiger partial charge >= 0.3 is 0 Å². The normalized spacial score (nSPS) is 10.8. The third kappa shape index (κ3) is 3.06. The van der Waals surface area contributed by atoms with Crippen LogP contribution in [0.4, 0.5) is 0 Å². The Labute approximate surface area is 134 Å². The number of nitrogens with one attached hydrogen (secondary N) is 1. The number of carbonyl (C=O) groups excluding carboxylic acids is 1. The minimum Gasteiger partial charge on any atom is -0.347 e. The SMILES string of the molecule is O=C(NCc1ccccc1Cl)c1cc2ncc(Br)cn2n1. The molecule has 0 saturated heterocycles. The van der Waals surface area contributed by atoms with Gasteiger partial charge in [0.25, 0.3) is 5.91 Å². The lowest BCUT2D eigenvalue weighted by molar-refractivity contribution is 0.0945. The van der Waals surface area contributed by atoms with Crippen LogP contribution in [0.15, 0.2) is 47.2 Å². The van der Waals surface area contributed by atoms with E-state index in [0.29, 0.717) is 22.9 Å². The molecule has 0 spiro atoms. The maximum atomic E-state index is 12.1. The Bertz CT molecular complexity index is 818. The summed E-state index contributed by atoms with van der Waals surface area (Å²) in [7, 11) is 0. The first kappa shape index (κ1) is 14.0. The van der Waals surface area contributed by atoms with E-state index >= 15 is 0 Å². The average Bonchev–Trinajstić information content (AvgIpc) is 2.89. The smallest absolute Gasteiger partial charge is 0.272 e. The van der Waals surface area contributed by atoms with Crippen molar-refractivity contribution in [2.45, 2.75) is 6.54 Å². The minimum atomic E-state index is -0.267. The lowest BCUT2D eigenvalue weighted by Gasteiger charge is -2.04. The number of aromatic nitrogens is 3. The number of hydrogen-bond donors (Lipinski definition) is 1. The zero-order valence-electron chi connectivity index (χ0n) is 10.8. The number of fused-ring (bicyclic) bond motifs is 1. The molecule has 0 fully saturated rings. The van der Waals surface area contributed by atoms with Crippen molar-refractivity contribution in [3.8, 4) is 0 Å². The Morgan fingerprint density at radius 1 is 1.38 bits per heavy atom. The highest BCUT2D eigenvalue weighted by Crippen LogP contribution is 2.15. The maximum Gasteiger partial charge on any atom is 0.272 e. The van der Waals surface area contributed by atoms with E-state index in [1.54, 1.807) is 29.0 Å². The molecule has 0 aliphatic rings. The van der Waals surface area contributed by atoms with E-state index in [1.165, 1.54) is 0 Å². The number of benzene rings is 1. The predicted molar refractivity (Wildman–Crippen MR) is 83.3 cm³/mol. The second-order valence-corrected chi connectivity index (χ2v) is 5.70. The molecule has 1 N–H and O–H groups in total. The molecule has 3 aromatic rings. The molecule has 0 atom stereocenters. The van der Waals surface area contributed by atoms with Gasteiger partial charge < -0.3 is 5.32 Å². The van der Waals surface area contributed by atoms with Crippen molar-refractivity contribution in [2.24, 2.45) is 0 Å². The van der Waals surface area contributed by atoms with Crippen molar-refractivity contribution in [1.82, 2.24) is 19.9 Å². The number of rotatable bonds is 3. The van der Waals surface area contributed by atoms with Crippen LogP contribution >= 0.6 is 27.5 Å². The fraction of sp³-hybridized carbons (Fsp3) is 0.0714. The molecule has 21 heavy (non-hydrogen) atoms. The lowest BCUT2D eigenvalue weighted by atomic mass is 10.2. The average molecular weight is 366 g/mol. The van der Waals surface area contributed by atoms with Crippen LogP contribution in [0.2, 0.25) is 5.02 Å². The molecule has 0 aliphatic carbocycles. The van der Waals surface area contributed by atoms with Gasteiger partial charge in [-0.1, -0.05) is 29.8 Å². The van der Waals surface area contributed by atoms with Gasteiger partial charge in [0.1, 0.15) is 0 Å². The number of hydrogen-bond acceptors (Lipinski definition) is 3. The van der Waals surface area contributed by atoms with Gasteiger partial charge in [0.2, 0.25) is 0 Å². The van der Waals surface area contributed by atoms with Gasteiger partial charge in [0.15, 0.2) is 11.3 Å². The molecule has 0 saturated carbocycles. The minimum absolute atomic E-state index is 0.267. The van der Waals surface area contributed by atoms with Crippen LogP contribution in [-0.2, 0) is 6.54 Å². The lowest BCUT2D eigenvalue weighted by Crippen LogP contribution is -2.23. The van der Waals surface area contributed by atoms with E-state index in [2.05, 4.69) is 31.3 Å². The summed E-state index contributed by atoms with van der Waals surface area (Å²) in [5.41, 5.74) is 1.78. The second kappa shape index (κ2) is 5.83. The highest BCUT2D eigenvalue weighted by atomic mass is 79.9. The van der Waals surface area contributed by atoms with E-state index < -0.39 is 0 Å². The van der Waals surface area contributed by atoms with Crippen LogP contribution in [-0.4, -0.2) is 20.5 Å². The summed E-state index contributed by atoms with van der Waals surface area (Å²) in [6.45, 7) is 0.351. The van der Waals surface area contributed by atoms with Crippen LogP contribution in [0.5, 0.6) is 0 Å². The summed E-state index contributed by atoms with van der Waals surface area (Å²) < 4.78 is 2.34. The number of nitrogens with zero attached hydrogens (tertiary/aromatic N) is 3. The number of halogens is 2. The third-order valence-corrected chi connectivity index (χ3v) is 3.69. The quantitative estimate of drug-likeness (QED) is 0.776. The van der Waals surface area contributed by atoms with Crippen molar-refractivity contribution in [3.05, 3.63) is 63.5 Å². The van der Waals surface area contributed by atoms with E-state index in [4.69, 9.17) is 11.6 Å². The van der Waals surface area contributed by atoms with Crippen molar-refractivity contribution >= 4 is 39.1 Å². The standard InChI is InChI=1S/C14H10BrClN4O/c15-10-7-17-13-5-12(19-20(13)8-10)14(21)18-6-9-3-1-2-4-11(9)16/h1-5,7-8H,6H2,(H,18,21). The molecule has 2 heterocycles. The van der Waals surface area contributed by atoms with Gasteiger partial charge in [0, 0.05) is 30.0 Å². The first-order valence-electron chi connectivity index (χ1n) is 6.16. The fourth-order valence-corrected chi connectivity index (χ4v) is 2.37.